The van der Waals surface area contributed by atoms with Crippen LogP contribution in [0.15, 0.2) is 0 Å². The first-order valence-corrected chi connectivity index (χ1v) is 4.27. The average molecular weight is 183 g/mol. The van der Waals surface area contributed by atoms with Gasteiger partial charge in [-0.1, -0.05) is 12.8 Å². The zero-order valence-corrected chi connectivity index (χ0v) is 8.76. The fourth-order valence-corrected chi connectivity index (χ4v) is 1.02. The van der Waals surface area contributed by atoms with Gasteiger partial charge in [0.1, 0.15) is 0 Å². The lowest BCUT2D eigenvalue weighted by Gasteiger charge is -2.16. The van der Waals surface area contributed by atoms with Gasteiger partial charge in [-0.3, -0.25) is 9.69 Å². The first kappa shape index (κ1) is 12.0. The first-order valence-electron chi connectivity index (χ1n) is 4.27. The molecule has 0 aliphatic heterocycles. The van der Waals surface area contributed by atoms with Crippen molar-refractivity contribution < 1.29 is 9.53 Å². The van der Waals surface area contributed by atoms with E-state index >= 15 is 0 Å². The lowest BCUT2D eigenvalue weighted by molar-refractivity contribution is -0.145. The Hall–Kier alpha value is -1.01. The third-order valence-electron chi connectivity index (χ3n) is 1.71. The predicted molar refractivity (Wildman–Crippen MR) is 52.1 cm³/mol. The Kier molecular flexibility index (Phi) is 5.99. The lowest BCUT2D eigenvalue weighted by atomic mass is 10.2. The molecule has 0 aliphatic rings. The number of rotatable bonds is 4. The molecule has 0 radical (unpaired) electrons. The number of esters is 1. The summed E-state index contributed by atoms with van der Waals surface area (Å²) in [5, 5.41) is 0. The number of carbonyl (C=O) groups excluding carboxylic acids is 1. The van der Waals surface area contributed by atoms with Gasteiger partial charge in [0.15, 0.2) is 0 Å². The Morgan fingerprint density at radius 2 is 2.23 bits per heavy atom. The smallest absolute Gasteiger partial charge is 0.309 e. The Morgan fingerprint density at radius 1 is 1.62 bits per heavy atom. The van der Waals surface area contributed by atoms with E-state index in [4.69, 9.17) is 0 Å². The van der Waals surface area contributed by atoms with Gasteiger partial charge in [0.25, 0.3) is 0 Å². The second kappa shape index (κ2) is 6.50. The number of nitrogens with zero attached hydrogens (tertiary/aromatic N) is 1. The molecule has 74 valence electrons. The molecule has 3 heteroatoms. The normalized spacial score (nSPS) is 11.8. The van der Waals surface area contributed by atoms with Gasteiger partial charge in [0.2, 0.25) is 0 Å². The van der Waals surface area contributed by atoms with E-state index in [1.54, 1.807) is 6.92 Å². The molecule has 0 amide bonds. The zero-order chi connectivity index (χ0) is 10.3. The van der Waals surface area contributed by atoms with Crippen LogP contribution < -0.4 is 0 Å². The van der Waals surface area contributed by atoms with Crippen LogP contribution >= 0.6 is 0 Å². The minimum absolute atomic E-state index is 0.0892. The van der Waals surface area contributed by atoms with Crippen LogP contribution in [0.2, 0.25) is 0 Å². The van der Waals surface area contributed by atoms with Crippen LogP contribution in [0.4, 0.5) is 0 Å². The van der Waals surface area contributed by atoms with Gasteiger partial charge in [-0.05, 0) is 14.0 Å². The van der Waals surface area contributed by atoms with Crippen LogP contribution in [-0.4, -0.2) is 38.1 Å². The molecule has 3 nitrogen and oxygen atoms in total. The van der Waals surface area contributed by atoms with Crippen molar-refractivity contribution in [1.82, 2.24) is 4.90 Å². The van der Waals surface area contributed by atoms with Crippen molar-refractivity contribution in [3.05, 3.63) is 0 Å². The Bertz CT molecular complexity index is 215. The van der Waals surface area contributed by atoms with Crippen molar-refractivity contribution in [2.75, 3.05) is 27.2 Å². The van der Waals surface area contributed by atoms with Crippen molar-refractivity contribution >= 4 is 5.97 Å². The number of hydrogen-bond acceptors (Lipinski definition) is 3. The molecule has 0 saturated heterocycles. The fourth-order valence-electron chi connectivity index (χ4n) is 1.02. The summed E-state index contributed by atoms with van der Waals surface area (Å²) in [6.45, 7) is 5.03. The van der Waals surface area contributed by atoms with Gasteiger partial charge in [-0.2, -0.15) is 0 Å². The highest BCUT2D eigenvalue weighted by atomic mass is 16.5. The summed E-state index contributed by atoms with van der Waals surface area (Å²) >= 11 is 0. The van der Waals surface area contributed by atoms with Gasteiger partial charge in [0, 0.05) is 6.54 Å². The molecule has 13 heavy (non-hydrogen) atoms. The molecule has 0 aromatic rings. The Labute approximate surface area is 80.1 Å². The topological polar surface area (TPSA) is 29.5 Å². The van der Waals surface area contributed by atoms with Crippen LogP contribution in [0.25, 0.3) is 0 Å². The first-order chi connectivity index (χ1) is 6.11. The van der Waals surface area contributed by atoms with Crippen LogP contribution in [0.3, 0.4) is 0 Å². The average Bonchev–Trinajstić information content (AvgIpc) is 2.13. The third-order valence-corrected chi connectivity index (χ3v) is 1.71. The summed E-state index contributed by atoms with van der Waals surface area (Å²) in [4.78, 5) is 13.0. The molecule has 1 atom stereocenters. The molecule has 0 fully saturated rings. The molecule has 0 rings (SSSR count). The third kappa shape index (κ3) is 5.26. The summed E-state index contributed by atoms with van der Waals surface area (Å²) in [7, 11) is 3.34. The molecule has 0 aromatic carbocycles. The number of ether oxygens (including phenoxy) is 1. The highest BCUT2D eigenvalue weighted by Gasteiger charge is 2.14. The predicted octanol–water partition coefficient (Wildman–Crippen LogP) is 0.751. The molecule has 1 unspecified atom stereocenters. The molecule has 0 heterocycles. The minimum atomic E-state index is -0.170. The number of hydrogen-bond donors (Lipinski definition) is 0. The van der Waals surface area contributed by atoms with E-state index in [1.165, 1.54) is 7.11 Å². The lowest BCUT2D eigenvalue weighted by Crippen LogP contribution is -2.29. The summed E-state index contributed by atoms with van der Waals surface area (Å²) in [5.41, 5.74) is 0. The van der Waals surface area contributed by atoms with Gasteiger partial charge < -0.3 is 4.74 Å². The summed E-state index contributed by atoms with van der Waals surface area (Å²) in [6.07, 6.45) is 0. The molecular weight excluding hydrogens is 166 g/mol. The van der Waals surface area contributed by atoms with E-state index in [1.807, 2.05) is 18.9 Å². The summed E-state index contributed by atoms with van der Waals surface area (Å²) in [5.74, 6) is 5.48. The van der Waals surface area contributed by atoms with Crippen molar-refractivity contribution in [2.45, 2.75) is 13.8 Å². The molecule has 0 N–H and O–H groups in total. The monoisotopic (exact) mass is 183 g/mol. The quantitative estimate of drug-likeness (QED) is 0.476. The molecular formula is C10H17NO2. The number of carbonyl (C=O) groups is 1. The van der Waals surface area contributed by atoms with Crippen molar-refractivity contribution in [3.8, 4) is 11.8 Å². The maximum Gasteiger partial charge on any atom is 0.309 e. The SMILES string of the molecule is CC#CCN(C)CC(C)C(=O)OC. The molecule has 0 spiro atoms. The highest BCUT2D eigenvalue weighted by molar-refractivity contribution is 5.72. The zero-order valence-electron chi connectivity index (χ0n) is 8.76. The van der Waals surface area contributed by atoms with Crippen LogP contribution in [-0.2, 0) is 9.53 Å². The van der Waals surface area contributed by atoms with E-state index in [0.717, 1.165) is 0 Å². The van der Waals surface area contributed by atoms with E-state index in [-0.39, 0.29) is 11.9 Å². The van der Waals surface area contributed by atoms with E-state index < -0.39 is 0 Å². The fraction of sp³-hybridized carbons (Fsp3) is 0.700. The van der Waals surface area contributed by atoms with Crippen molar-refractivity contribution in [2.24, 2.45) is 5.92 Å². The van der Waals surface area contributed by atoms with Gasteiger partial charge in [-0.15, -0.1) is 5.92 Å². The number of methoxy groups -OCH3 is 1. The molecule has 0 saturated carbocycles. The summed E-state index contributed by atoms with van der Waals surface area (Å²) in [6, 6.07) is 0. The van der Waals surface area contributed by atoms with Crippen LogP contribution in [0, 0.1) is 17.8 Å². The van der Waals surface area contributed by atoms with E-state index in [2.05, 4.69) is 16.6 Å². The van der Waals surface area contributed by atoms with Gasteiger partial charge >= 0.3 is 5.97 Å². The molecule has 0 bridgehead atoms. The highest BCUT2D eigenvalue weighted by Crippen LogP contribution is 1.99. The standard InChI is InChI=1S/C10H17NO2/c1-5-6-7-11(3)8-9(2)10(12)13-4/h9H,7-8H2,1-4H3. The minimum Gasteiger partial charge on any atom is -0.469 e. The second-order valence-electron chi connectivity index (χ2n) is 3.05. The van der Waals surface area contributed by atoms with Crippen LogP contribution in [0.1, 0.15) is 13.8 Å². The van der Waals surface area contributed by atoms with Gasteiger partial charge in [0.05, 0.1) is 19.6 Å². The maximum atomic E-state index is 11.0. The van der Waals surface area contributed by atoms with Gasteiger partial charge in [-0.25, -0.2) is 0 Å². The summed E-state index contributed by atoms with van der Waals surface area (Å²) < 4.78 is 4.62. The van der Waals surface area contributed by atoms with Crippen molar-refractivity contribution in [1.29, 1.82) is 0 Å². The Morgan fingerprint density at radius 3 is 2.69 bits per heavy atom. The van der Waals surface area contributed by atoms with Crippen molar-refractivity contribution in [3.63, 3.8) is 0 Å². The Balaban J connectivity index is 3.81. The second-order valence-corrected chi connectivity index (χ2v) is 3.05. The largest absolute Gasteiger partial charge is 0.469 e. The molecule has 0 aliphatic carbocycles. The molecule has 0 aromatic heterocycles. The van der Waals surface area contributed by atoms with E-state index in [0.29, 0.717) is 13.1 Å². The van der Waals surface area contributed by atoms with Crippen LogP contribution in [0.5, 0.6) is 0 Å². The van der Waals surface area contributed by atoms with E-state index in [9.17, 15) is 4.79 Å². The maximum absolute atomic E-state index is 11.0.